The molecule has 1 aliphatic heterocycles. The second kappa shape index (κ2) is 6.45. The van der Waals surface area contributed by atoms with E-state index in [1.54, 1.807) is 11.3 Å². The fourth-order valence-electron chi connectivity index (χ4n) is 3.38. The predicted octanol–water partition coefficient (Wildman–Crippen LogP) is 4.15. The van der Waals surface area contributed by atoms with Crippen LogP contribution in [0.25, 0.3) is 10.6 Å². The highest BCUT2D eigenvalue weighted by molar-refractivity contribution is 7.15. The molecule has 2 aromatic heterocycles. The molecule has 1 saturated heterocycles. The standard InChI is InChI=1S/C18H20N4OS/c1-12-6-3-4-7-15(12)18-19-10-14(24-18)11-22-9-5-8-16(22)17-13(2)20-23-21-17/h3-4,6-7,10,16H,5,8-9,11H2,1-2H3. The van der Waals surface area contributed by atoms with Crippen molar-refractivity contribution in [1.82, 2.24) is 20.2 Å². The highest BCUT2D eigenvalue weighted by Crippen LogP contribution is 2.35. The van der Waals surface area contributed by atoms with Crippen LogP contribution in [0.15, 0.2) is 35.1 Å². The average Bonchev–Trinajstić information content (AvgIpc) is 3.30. The summed E-state index contributed by atoms with van der Waals surface area (Å²) < 4.78 is 4.89. The van der Waals surface area contributed by atoms with E-state index in [1.165, 1.54) is 22.4 Å². The summed E-state index contributed by atoms with van der Waals surface area (Å²) in [5.74, 6) is 0. The van der Waals surface area contributed by atoms with Crippen LogP contribution in [0.2, 0.25) is 0 Å². The molecule has 4 rings (SSSR count). The maximum absolute atomic E-state index is 4.89. The zero-order valence-electron chi connectivity index (χ0n) is 13.9. The van der Waals surface area contributed by atoms with Gasteiger partial charge in [0.25, 0.3) is 0 Å². The molecule has 1 atom stereocenters. The minimum absolute atomic E-state index is 0.306. The van der Waals surface area contributed by atoms with Crippen LogP contribution in [0, 0.1) is 13.8 Å². The molecular formula is C18H20N4OS. The molecule has 24 heavy (non-hydrogen) atoms. The summed E-state index contributed by atoms with van der Waals surface area (Å²) in [4.78, 5) is 8.39. The second-order valence-electron chi connectivity index (χ2n) is 6.31. The van der Waals surface area contributed by atoms with Crippen LogP contribution in [0.3, 0.4) is 0 Å². The first-order valence-corrected chi connectivity index (χ1v) is 9.08. The number of likely N-dealkylation sites (tertiary alicyclic amines) is 1. The molecule has 1 unspecified atom stereocenters. The Bertz CT molecular complexity index is 841. The van der Waals surface area contributed by atoms with Gasteiger partial charge < -0.3 is 0 Å². The van der Waals surface area contributed by atoms with Crippen LogP contribution in [0.4, 0.5) is 0 Å². The molecule has 3 aromatic rings. The molecule has 0 bridgehead atoms. The summed E-state index contributed by atoms with van der Waals surface area (Å²) in [6, 6.07) is 8.71. The van der Waals surface area contributed by atoms with Crippen molar-refractivity contribution in [3.05, 3.63) is 52.3 Å². The number of aromatic nitrogens is 3. The number of nitrogens with zero attached hydrogens (tertiary/aromatic N) is 4. The fourth-order valence-corrected chi connectivity index (χ4v) is 4.41. The van der Waals surface area contributed by atoms with Gasteiger partial charge in [-0.3, -0.25) is 4.90 Å². The molecule has 1 fully saturated rings. The monoisotopic (exact) mass is 340 g/mol. The topological polar surface area (TPSA) is 55.1 Å². The van der Waals surface area contributed by atoms with Gasteiger partial charge in [-0.05, 0) is 38.8 Å². The third-order valence-corrected chi connectivity index (χ3v) is 5.67. The van der Waals surface area contributed by atoms with Crippen molar-refractivity contribution in [1.29, 1.82) is 0 Å². The Morgan fingerprint density at radius 3 is 2.92 bits per heavy atom. The van der Waals surface area contributed by atoms with Crippen LogP contribution >= 0.6 is 11.3 Å². The van der Waals surface area contributed by atoms with Gasteiger partial charge in [-0.2, -0.15) is 0 Å². The zero-order valence-corrected chi connectivity index (χ0v) is 14.7. The van der Waals surface area contributed by atoms with Gasteiger partial charge >= 0.3 is 0 Å². The summed E-state index contributed by atoms with van der Waals surface area (Å²) >= 11 is 1.78. The second-order valence-corrected chi connectivity index (χ2v) is 7.43. The Morgan fingerprint density at radius 1 is 1.25 bits per heavy atom. The van der Waals surface area contributed by atoms with Crippen molar-refractivity contribution in [3.8, 4) is 10.6 Å². The Labute approximate surface area is 145 Å². The number of hydrogen-bond donors (Lipinski definition) is 0. The number of hydrogen-bond acceptors (Lipinski definition) is 6. The van der Waals surface area contributed by atoms with Crippen molar-refractivity contribution in [2.45, 2.75) is 39.3 Å². The van der Waals surface area contributed by atoms with E-state index in [2.05, 4.69) is 51.4 Å². The van der Waals surface area contributed by atoms with E-state index >= 15 is 0 Å². The van der Waals surface area contributed by atoms with Gasteiger partial charge in [-0.1, -0.05) is 34.6 Å². The van der Waals surface area contributed by atoms with E-state index in [0.29, 0.717) is 6.04 Å². The molecule has 124 valence electrons. The maximum atomic E-state index is 4.89. The summed E-state index contributed by atoms with van der Waals surface area (Å²) in [6.07, 6.45) is 4.30. The molecule has 1 aliphatic rings. The highest BCUT2D eigenvalue weighted by atomic mass is 32.1. The third-order valence-electron chi connectivity index (χ3n) is 4.65. The van der Waals surface area contributed by atoms with E-state index in [0.717, 1.165) is 35.9 Å². The number of thiazole rings is 1. The molecule has 0 aliphatic carbocycles. The Hall–Kier alpha value is -2.05. The Kier molecular flexibility index (Phi) is 4.16. The van der Waals surface area contributed by atoms with Crippen LogP contribution < -0.4 is 0 Å². The molecule has 0 amide bonds. The number of rotatable bonds is 4. The molecule has 0 radical (unpaired) electrons. The van der Waals surface area contributed by atoms with Crippen LogP contribution in [0.1, 0.15) is 40.7 Å². The van der Waals surface area contributed by atoms with Crippen LogP contribution in [0.5, 0.6) is 0 Å². The molecule has 1 aromatic carbocycles. The zero-order chi connectivity index (χ0) is 16.5. The minimum atomic E-state index is 0.306. The predicted molar refractivity (Wildman–Crippen MR) is 93.7 cm³/mol. The van der Waals surface area contributed by atoms with Gasteiger partial charge in [0.2, 0.25) is 0 Å². The average molecular weight is 340 g/mol. The molecule has 0 N–H and O–H groups in total. The van der Waals surface area contributed by atoms with Crippen LogP contribution in [-0.2, 0) is 6.54 Å². The van der Waals surface area contributed by atoms with E-state index in [1.807, 2.05) is 13.1 Å². The van der Waals surface area contributed by atoms with Crippen molar-refractivity contribution in [2.24, 2.45) is 0 Å². The largest absolute Gasteiger partial charge is 0.289 e. The van der Waals surface area contributed by atoms with E-state index in [-0.39, 0.29) is 0 Å². The van der Waals surface area contributed by atoms with Gasteiger partial charge in [0.15, 0.2) is 0 Å². The first-order chi connectivity index (χ1) is 11.7. The van der Waals surface area contributed by atoms with E-state index in [9.17, 15) is 0 Å². The number of aryl methyl sites for hydroxylation is 2. The fraction of sp³-hybridized carbons (Fsp3) is 0.389. The normalized spacial score (nSPS) is 18.3. The lowest BCUT2D eigenvalue weighted by Gasteiger charge is -2.21. The van der Waals surface area contributed by atoms with Gasteiger partial charge in [-0.25, -0.2) is 9.61 Å². The van der Waals surface area contributed by atoms with Crippen LogP contribution in [-0.4, -0.2) is 26.7 Å². The Morgan fingerprint density at radius 2 is 2.12 bits per heavy atom. The molecule has 0 spiro atoms. The summed E-state index contributed by atoms with van der Waals surface area (Å²) in [5, 5.41) is 9.14. The molecular weight excluding hydrogens is 320 g/mol. The first-order valence-electron chi connectivity index (χ1n) is 8.26. The quantitative estimate of drug-likeness (QED) is 0.714. The highest BCUT2D eigenvalue weighted by Gasteiger charge is 2.30. The Balaban J connectivity index is 1.54. The van der Waals surface area contributed by atoms with E-state index in [4.69, 9.17) is 4.63 Å². The van der Waals surface area contributed by atoms with E-state index < -0.39 is 0 Å². The summed E-state index contributed by atoms with van der Waals surface area (Å²) in [7, 11) is 0. The summed E-state index contributed by atoms with van der Waals surface area (Å²) in [5.41, 5.74) is 4.37. The molecule has 6 heteroatoms. The molecule has 3 heterocycles. The first kappa shape index (κ1) is 15.5. The smallest absolute Gasteiger partial charge is 0.125 e. The van der Waals surface area contributed by atoms with Gasteiger partial charge in [0, 0.05) is 23.2 Å². The maximum Gasteiger partial charge on any atom is 0.125 e. The third kappa shape index (κ3) is 2.87. The van der Waals surface area contributed by atoms with Gasteiger partial charge in [-0.15, -0.1) is 11.3 Å². The lowest BCUT2D eigenvalue weighted by Crippen LogP contribution is -2.23. The molecule has 5 nitrogen and oxygen atoms in total. The van der Waals surface area contributed by atoms with Gasteiger partial charge in [0.1, 0.15) is 16.4 Å². The molecule has 0 saturated carbocycles. The number of benzene rings is 1. The van der Waals surface area contributed by atoms with Crippen molar-refractivity contribution in [3.63, 3.8) is 0 Å². The minimum Gasteiger partial charge on any atom is -0.289 e. The SMILES string of the molecule is Cc1ccccc1-c1ncc(CN2CCCC2c2nonc2C)s1. The van der Waals surface area contributed by atoms with Crippen molar-refractivity contribution >= 4 is 11.3 Å². The summed E-state index contributed by atoms with van der Waals surface area (Å²) in [6.45, 7) is 6.08. The van der Waals surface area contributed by atoms with Crippen molar-refractivity contribution in [2.75, 3.05) is 6.54 Å². The van der Waals surface area contributed by atoms with Gasteiger partial charge in [0.05, 0.1) is 6.04 Å². The lowest BCUT2D eigenvalue weighted by molar-refractivity contribution is 0.233. The lowest BCUT2D eigenvalue weighted by atomic mass is 10.1. The van der Waals surface area contributed by atoms with Crippen molar-refractivity contribution < 1.29 is 4.63 Å².